The minimum atomic E-state index is -0.943. The van der Waals surface area contributed by atoms with Crippen molar-refractivity contribution in [1.82, 2.24) is 0 Å². The Balaban J connectivity index is 0. The predicted octanol–water partition coefficient (Wildman–Crippen LogP) is 7.27. The maximum Gasteiger partial charge on any atom is 0.0784 e. The van der Waals surface area contributed by atoms with E-state index in [4.69, 9.17) is 0 Å². The normalized spacial score (nSPS) is 11.2. The topological polar surface area (TPSA) is 40.1 Å². The third kappa shape index (κ3) is 25.5. The number of unbranched alkanes of at least 4 members (excludes halogenated alkanes) is 13. The molecule has 3 heteroatoms. The molecule has 0 aliphatic carbocycles. The summed E-state index contributed by atoms with van der Waals surface area (Å²) >= 11 is 0. The number of carboxylic acids is 1. The van der Waals surface area contributed by atoms with Crippen LogP contribution in [0.3, 0.4) is 0 Å². The van der Waals surface area contributed by atoms with Crippen LogP contribution in [0.1, 0.15) is 143 Å². The zero-order valence-electron chi connectivity index (χ0n) is 21.6. The van der Waals surface area contributed by atoms with Crippen LogP contribution in [0, 0.1) is 0 Å². The third-order valence-electron chi connectivity index (χ3n) is 6.14. The van der Waals surface area contributed by atoms with Gasteiger partial charge in [-0.15, -0.1) is 0 Å². The lowest BCUT2D eigenvalue weighted by atomic mass is 10.1. The molecule has 0 N–H and O–H groups in total. The molecule has 0 aromatic heterocycles. The van der Waals surface area contributed by atoms with Crippen molar-refractivity contribution in [2.24, 2.45) is 0 Å². The van der Waals surface area contributed by atoms with Crippen LogP contribution in [0.25, 0.3) is 0 Å². The van der Waals surface area contributed by atoms with Gasteiger partial charge in [0.25, 0.3) is 0 Å². The Morgan fingerprint density at radius 3 is 1.07 bits per heavy atom. The van der Waals surface area contributed by atoms with Crippen molar-refractivity contribution in [2.75, 3.05) is 26.7 Å². The second-order valence-corrected chi connectivity index (χ2v) is 9.51. The van der Waals surface area contributed by atoms with Crippen LogP contribution in [0.2, 0.25) is 0 Å². The molecule has 30 heavy (non-hydrogen) atoms. The van der Waals surface area contributed by atoms with Gasteiger partial charge >= 0.3 is 0 Å². The van der Waals surface area contributed by atoms with Crippen LogP contribution in [0.4, 0.5) is 0 Å². The van der Waals surface area contributed by atoms with Crippen LogP contribution in [-0.2, 0) is 4.79 Å². The van der Waals surface area contributed by atoms with Crippen molar-refractivity contribution in [3.05, 3.63) is 0 Å². The van der Waals surface area contributed by atoms with E-state index in [0.29, 0.717) is 0 Å². The van der Waals surface area contributed by atoms with E-state index in [1.54, 1.807) is 0 Å². The fraction of sp³-hybridized carbons (Fsp3) is 0.963. The largest absolute Gasteiger partial charge is 0.550 e. The minimum Gasteiger partial charge on any atom is -0.550 e. The molecule has 0 heterocycles. The van der Waals surface area contributed by atoms with Crippen LogP contribution in [-0.4, -0.2) is 37.1 Å². The van der Waals surface area contributed by atoms with Crippen molar-refractivity contribution >= 4 is 5.97 Å². The van der Waals surface area contributed by atoms with Gasteiger partial charge in [0.2, 0.25) is 0 Å². The van der Waals surface area contributed by atoms with Gasteiger partial charge in [0, 0.05) is 5.97 Å². The SMILES string of the molecule is CCCCC(=O)[O-].CCCCCCC[N+](C)(CCCCCCC)CCCCCCC. The van der Waals surface area contributed by atoms with Gasteiger partial charge in [-0.2, -0.15) is 0 Å². The molecule has 0 aromatic carbocycles. The molecular formula is C27H57NO2. The number of hydrogen-bond donors (Lipinski definition) is 0. The highest BCUT2D eigenvalue weighted by molar-refractivity contribution is 5.63. The molecule has 0 fully saturated rings. The van der Waals surface area contributed by atoms with E-state index in [0.717, 1.165) is 12.8 Å². The highest BCUT2D eigenvalue weighted by atomic mass is 16.4. The minimum absolute atomic E-state index is 0.205. The van der Waals surface area contributed by atoms with Gasteiger partial charge in [-0.05, 0) is 51.4 Å². The molecule has 3 nitrogen and oxygen atoms in total. The number of aliphatic carboxylic acids is 1. The Bertz CT molecular complexity index is 308. The van der Waals surface area contributed by atoms with Crippen LogP contribution in [0.15, 0.2) is 0 Å². The number of carbonyl (C=O) groups excluding carboxylic acids is 1. The summed E-state index contributed by atoms with van der Waals surface area (Å²) in [6.45, 7) is 13.1. The number of hydrogen-bond acceptors (Lipinski definition) is 2. The lowest BCUT2D eigenvalue weighted by molar-refractivity contribution is -0.910. The summed E-state index contributed by atoms with van der Waals surface area (Å²) in [6.07, 6.45) is 23.3. The number of rotatable bonds is 21. The van der Waals surface area contributed by atoms with Crippen molar-refractivity contribution in [3.8, 4) is 0 Å². The van der Waals surface area contributed by atoms with E-state index in [9.17, 15) is 9.90 Å². The Kier molecular flexibility index (Phi) is 26.0. The van der Waals surface area contributed by atoms with Crippen molar-refractivity contribution in [3.63, 3.8) is 0 Å². The number of carboxylic acid groups (broad SMARTS) is 1. The van der Waals surface area contributed by atoms with Crippen molar-refractivity contribution in [1.29, 1.82) is 0 Å². The Hall–Kier alpha value is -0.570. The predicted molar refractivity (Wildman–Crippen MR) is 132 cm³/mol. The first kappa shape index (κ1) is 31.6. The summed E-state index contributed by atoms with van der Waals surface area (Å²) in [5.41, 5.74) is 0. The summed E-state index contributed by atoms with van der Waals surface area (Å²) in [4.78, 5) is 9.65. The quantitative estimate of drug-likeness (QED) is 0.143. The molecule has 0 bridgehead atoms. The summed E-state index contributed by atoms with van der Waals surface area (Å²) in [5.74, 6) is -0.943. The first-order valence-electron chi connectivity index (χ1n) is 13.5. The number of carbonyl (C=O) groups is 1. The van der Waals surface area contributed by atoms with Crippen molar-refractivity contribution < 1.29 is 14.4 Å². The second kappa shape index (κ2) is 24.7. The summed E-state index contributed by atoms with van der Waals surface area (Å²) in [5, 5.41) is 9.65. The zero-order chi connectivity index (χ0) is 22.9. The molecule has 0 atom stereocenters. The third-order valence-corrected chi connectivity index (χ3v) is 6.14. The van der Waals surface area contributed by atoms with Gasteiger partial charge < -0.3 is 14.4 Å². The summed E-state index contributed by atoms with van der Waals surface area (Å²) < 4.78 is 1.35. The van der Waals surface area contributed by atoms with E-state index in [1.807, 2.05) is 6.92 Å². The van der Waals surface area contributed by atoms with Gasteiger partial charge in [-0.25, -0.2) is 0 Å². The number of nitrogens with zero attached hydrogens (tertiary/aromatic N) is 1. The fourth-order valence-electron chi connectivity index (χ4n) is 3.95. The molecule has 0 unspecified atom stereocenters. The monoisotopic (exact) mass is 427 g/mol. The lowest BCUT2D eigenvalue weighted by Crippen LogP contribution is -2.46. The average Bonchev–Trinajstić information content (AvgIpc) is 2.72. The number of quaternary nitrogens is 1. The summed E-state index contributed by atoms with van der Waals surface area (Å²) in [7, 11) is 2.54. The van der Waals surface area contributed by atoms with E-state index >= 15 is 0 Å². The second-order valence-electron chi connectivity index (χ2n) is 9.51. The van der Waals surface area contributed by atoms with Gasteiger partial charge in [0.1, 0.15) is 0 Å². The average molecular weight is 428 g/mol. The molecule has 0 amide bonds. The van der Waals surface area contributed by atoms with E-state index in [-0.39, 0.29) is 6.42 Å². The fourth-order valence-corrected chi connectivity index (χ4v) is 3.95. The molecule has 0 aliphatic heterocycles. The van der Waals surface area contributed by atoms with Gasteiger partial charge in [0.05, 0.1) is 26.7 Å². The lowest BCUT2D eigenvalue weighted by Gasteiger charge is -2.35. The Labute approximate surface area is 190 Å². The van der Waals surface area contributed by atoms with Crippen molar-refractivity contribution in [2.45, 2.75) is 143 Å². The van der Waals surface area contributed by atoms with Gasteiger partial charge in [-0.1, -0.05) is 91.9 Å². The molecule has 182 valence electrons. The first-order chi connectivity index (χ1) is 14.5. The van der Waals surface area contributed by atoms with Gasteiger partial charge in [0.15, 0.2) is 0 Å². The Morgan fingerprint density at radius 1 is 0.533 bits per heavy atom. The molecule has 0 rings (SSSR count). The smallest absolute Gasteiger partial charge is 0.0784 e. The summed E-state index contributed by atoms with van der Waals surface area (Å²) in [6, 6.07) is 0. The maximum atomic E-state index is 9.65. The molecule has 0 radical (unpaired) electrons. The van der Waals surface area contributed by atoms with E-state index in [1.165, 1.54) is 120 Å². The van der Waals surface area contributed by atoms with E-state index in [2.05, 4.69) is 27.8 Å². The standard InChI is InChI=1S/C22H48N.C5H10O2/c1-5-8-11-14-17-20-23(4,21-18-15-12-9-6-2)22-19-16-13-10-7-3;1-2-3-4-5(6)7/h5-22H2,1-4H3;2-4H2,1H3,(H,6,7)/q+1;/p-1. The molecule has 0 saturated carbocycles. The molecule has 0 spiro atoms. The van der Waals surface area contributed by atoms with Gasteiger partial charge in [-0.3, -0.25) is 0 Å². The highest BCUT2D eigenvalue weighted by Crippen LogP contribution is 2.15. The van der Waals surface area contributed by atoms with E-state index < -0.39 is 5.97 Å². The highest BCUT2D eigenvalue weighted by Gasteiger charge is 2.19. The molecule has 0 aliphatic rings. The molecule has 0 saturated heterocycles. The zero-order valence-corrected chi connectivity index (χ0v) is 21.6. The Morgan fingerprint density at radius 2 is 0.833 bits per heavy atom. The molecular weight excluding hydrogens is 370 g/mol. The first-order valence-corrected chi connectivity index (χ1v) is 13.5. The van der Waals surface area contributed by atoms with Crippen LogP contribution >= 0.6 is 0 Å². The maximum absolute atomic E-state index is 9.65. The molecule has 0 aromatic rings. The van der Waals surface area contributed by atoms with Crippen LogP contribution in [0.5, 0.6) is 0 Å². The van der Waals surface area contributed by atoms with Crippen LogP contribution < -0.4 is 5.11 Å².